The lowest BCUT2D eigenvalue weighted by atomic mass is 9.80. The number of carbonyl (C=O) groups is 2. The highest BCUT2D eigenvalue weighted by Crippen LogP contribution is 2.33. The summed E-state index contributed by atoms with van der Waals surface area (Å²) in [5.41, 5.74) is 2.53. The van der Waals surface area contributed by atoms with Crippen LogP contribution in [0.2, 0.25) is 0 Å². The van der Waals surface area contributed by atoms with Gasteiger partial charge >= 0.3 is 5.97 Å². The van der Waals surface area contributed by atoms with Crippen LogP contribution in [0.25, 0.3) is 10.8 Å². The van der Waals surface area contributed by atoms with Crippen molar-refractivity contribution < 1.29 is 14.7 Å². The Balaban J connectivity index is 1.46. The zero-order valence-corrected chi connectivity index (χ0v) is 19.1. The summed E-state index contributed by atoms with van der Waals surface area (Å²) in [7, 11) is 0. The third kappa shape index (κ3) is 5.60. The molecule has 4 rings (SSSR count). The average molecular weight is 445 g/mol. The van der Waals surface area contributed by atoms with Crippen LogP contribution in [0.3, 0.4) is 0 Å². The van der Waals surface area contributed by atoms with Crippen LogP contribution in [0.4, 0.5) is 0 Å². The summed E-state index contributed by atoms with van der Waals surface area (Å²) in [6, 6.07) is 25.5. The van der Waals surface area contributed by atoms with E-state index in [1.54, 1.807) is 0 Å². The van der Waals surface area contributed by atoms with Crippen molar-refractivity contribution in [2.45, 2.75) is 38.1 Å². The second kappa shape index (κ2) is 10.6. The number of nitrogens with zero attached hydrogens (tertiary/aromatic N) is 1. The van der Waals surface area contributed by atoms with Crippen LogP contribution in [0.1, 0.15) is 49.3 Å². The first-order valence-corrected chi connectivity index (χ1v) is 11.8. The molecule has 3 atom stereocenters. The quantitative estimate of drug-likeness (QED) is 0.514. The van der Waals surface area contributed by atoms with Gasteiger partial charge in [-0.25, -0.2) is 0 Å². The highest BCUT2D eigenvalue weighted by molar-refractivity contribution is 5.86. The Kier molecular flexibility index (Phi) is 7.40. The fraction of sp³-hybridized carbons (Fsp3) is 0.357. The fourth-order valence-corrected chi connectivity index (χ4v) is 4.99. The molecule has 0 bridgehead atoms. The molecule has 1 amide bonds. The summed E-state index contributed by atoms with van der Waals surface area (Å²) in [4.78, 5) is 25.4. The Morgan fingerprint density at radius 2 is 1.73 bits per heavy atom. The zero-order chi connectivity index (χ0) is 23.2. The van der Waals surface area contributed by atoms with Crippen LogP contribution in [-0.4, -0.2) is 41.5 Å². The highest BCUT2D eigenvalue weighted by Gasteiger charge is 2.32. The summed E-state index contributed by atoms with van der Waals surface area (Å²) < 4.78 is 0. The summed E-state index contributed by atoms with van der Waals surface area (Å²) in [6.45, 7) is 4.39. The number of rotatable bonds is 8. The molecule has 3 aromatic carbocycles. The van der Waals surface area contributed by atoms with Gasteiger partial charge in [-0.1, -0.05) is 72.8 Å². The summed E-state index contributed by atoms with van der Waals surface area (Å²) in [6.07, 6.45) is 0.852. The number of likely N-dealkylation sites (tertiary alicyclic amines) is 1. The molecule has 0 aromatic heterocycles. The number of piperidine rings is 1. The van der Waals surface area contributed by atoms with Gasteiger partial charge < -0.3 is 15.3 Å². The summed E-state index contributed by atoms with van der Waals surface area (Å²) in [5.74, 6) is -0.368. The monoisotopic (exact) mass is 444 g/mol. The number of aliphatic carboxylic acids is 1. The molecule has 0 aliphatic carbocycles. The van der Waals surface area contributed by atoms with E-state index in [1.165, 1.54) is 21.9 Å². The Labute approximate surface area is 195 Å². The van der Waals surface area contributed by atoms with Crippen molar-refractivity contribution in [1.82, 2.24) is 10.2 Å². The predicted molar refractivity (Wildman–Crippen MR) is 131 cm³/mol. The van der Waals surface area contributed by atoms with Gasteiger partial charge in [0, 0.05) is 31.5 Å². The largest absolute Gasteiger partial charge is 0.481 e. The molecule has 1 saturated heterocycles. The topological polar surface area (TPSA) is 69.6 Å². The lowest BCUT2D eigenvalue weighted by Crippen LogP contribution is -2.45. The van der Waals surface area contributed by atoms with E-state index < -0.39 is 5.97 Å². The molecule has 1 aliphatic heterocycles. The van der Waals surface area contributed by atoms with Gasteiger partial charge in [-0.05, 0) is 47.7 Å². The number of benzene rings is 3. The van der Waals surface area contributed by atoms with Gasteiger partial charge in [-0.15, -0.1) is 0 Å². The van der Waals surface area contributed by atoms with Gasteiger partial charge in [0.2, 0.25) is 5.91 Å². The first kappa shape index (κ1) is 23.0. The Morgan fingerprint density at radius 3 is 2.52 bits per heavy atom. The molecule has 1 heterocycles. The molecule has 33 heavy (non-hydrogen) atoms. The molecular weight excluding hydrogens is 412 g/mol. The Hall–Kier alpha value is -3.18. The number of amides is 1. The van der Waals surface area contributed by atoms with Crippen LogP contribution in [-0.2, 0) is 9.59 Å². The minimum absolute atomic E-state index is 0.0612. The highest BCUT2D eigenvalue weighted by atomic mass is 16.4. The third-order valence-corrected chi connectivity index (χ3v) is 6.87. The van der Waals surface area contributed by atoms with Crippen molar-refractivity contribution >= 4 is 22.6 Å². The van der Waals surface area contributed by atoms with Crippen molar-refractivity contribution in [2.24, 2.45) is 5.92 Å². The molecule has 172 valence electrons. The van der Waals surface area contributed by atoms with Crippen molar-refractivity contribution in [3.8, 4) is 0 Å². The van der Waals surface area contributed by atoms with E-state index in [4.69, 9.17) is 5.11 Å². The second-order valence-electron chi connectivity index (χ2n) is 9.00. The van der Waals surface area contributed by atoms with E-state index in [-0.39, 0.29) is 30.7 Å². The van der Waals surface area contributed by atoms with Crippen molar-refractivity contribution in [1.29, 1.82) is 0 Å². The number of nitrogens with one attached hydrogen (secondary N) is 1. The molecule has 0 radical (unpaired) electrons. The average Bonchev–Trinajstić information content (AvgIpc) is 2.86. The first-order valence-electron chi connectivity index (χ1n) is 11.8. The lowest BCUT2D eigenvalue weighted by molar-refractivity contribution is -0.141. The first-order chi connectivity index (χ1) is 16.0. The van der Waals surface area contributed by atoms with Crippen LogP contribution >= 0.6 is 0 Å². The fourth-order valence-electron chi connectivity index (χ4n) is 4.99. The number of fused-ring (bicyclic) bond motifs is 1. The van der Waals surface area contributed by atoms with E-state index in [0.29, 0.717) is 19.0 Å². The predicted octanol–water partition coefficient (Wildman–Crippen LogP) is 4.99. The maximum Gasteiger partial charge on any atom is 0.303 e. The van der Waals surface area contributed by atoms with Gasteiger partial charge in [0.05, 0.1) is 6.42 Å². The molecule has 2 unspecified atom stereocenters. The van der Waals surface area contributed by atoms with Crippen LogP contribution in [0, 0.1) is 5.92 Å². The third-order valence-electron chi connectivity index (χ3n) is 6.87. The van der Waals surface area contributed by atoms with Crippen LogP contribution in [0.15, 0.2) is 72.8 Å². The molecule has 1 fully saturated rings. The number of carboxylic acid groups (broad SMARTS) is 1. The van der Waals surface area contributed by atoms with Crippen LogP contribution < -0.4 is 5.32 Å². The number of carbonyl (C=O) groups excluding carboxylic acids is 1. The standard InChI is InChI=1S/C28H32N2O3/c1-20(24-13-7-11-21-10-5-6-12-25(21)24)29-18-23-16-17-30(27(31)14-15-28(32)33)19-26(23)22-8-3-2-4-9-22/h2-13,20,23,26,29H,14-19H2,1H3,(H,32,33)/t20-,23?,26?/m1/s1. The molecule has 0 saturated carbocycles. The van der Waals surface area contributed by atoms with Crippen molar-refractivity contribution in [3.05, 3.63) is 83.9 Å². The summed E-state index contributed by atoms with van der Waals surface area (Å²) >= 11 is 0. The number of hydrogen-bond donors (Lipinski definition) is 2. The van der Waals surface area contributed by atoms with Gasteiger partial charge in [0.25, 0.3) is 0 Å². The zero-order valence-electron chi connectivity index (χ0n) is 19.1. The van der Waals surface area contributed by atoms with Crippen molar-refractivity contribution in [3.63, 3.8) is 0 Å². The molecule has 1 aliphatic rings. The van der Waals surface area contributed by atoms with Crippen LogP contribution in [0.5, 0.6) is 0 Å². The van der Waals surface area contributed by atoms with Gasteiger partial charge in [-0.2, -0.15) is 0 Å². The van der Waals surface area contributed by atoms with E-state index in [9.17, 15) is 9.59 Å². The molecule has 2 N–H and O–H groups in total. The molecule has 5 heteroatoms. The van der Waals surface area contributed by atoms with Crippen molar-refractivity contribution in [2.75, 3.05) is 19.6 Å². The normalized spacial score (nSPS) is 19.4. The van der Waals surface area contributed by atoms with E-state index >= 15 is 0 Å². The van der Waals surface area contributed by atoms with E-state index in [1.807, 2.05) is 23.1 Å². The molecule has 3 aromatic rings. The van der Waals surface area contributed by atoms with E-state index in [2.05, 4.69) is 66.8 Å². The lowest BCUT2D eigenvalue weighted by Gasteiger charge is -2.39. The Morgan fingerprint density at radius 1 is 1.00 bits per heavy atom. The molecular formula is C28H32N2O3. The maximum absolute atomic E-state index is 12.6. The maximum atomic E-state index is 12.6. The number of carboxylic acids is 1. The SMILES string of the molecule is C[C@@H](NCC1CCN(C(=O)CCC(=O)O)CC1c1ccccc1)c1cccc2ccccc12. The minimum Gasteiger partial charge on any atom is -0.481 e. The Bertz CT molecular complexity index is 1090. The van der Waals surface area contributed by atoms with Gasteiger partial charge in [0.1, 0.15) is 0 Å². The van der Waals surface area contributed by atoms with E-state index in [0.717, 1.165) is 13.0 Å². The smallest absolute Gasteiger partial charge is 0.303 e. The minimum atomic E-state index is -0.926. The molecule has 5 nitrogen and oxygen atoms in total. The molecule has 0 spiro atoms. The van der Waals surface area contributed by atoms with Gasteiger partial charge in [-0.3, -0.25) is 9.59 Å². The second-order valence-corrected chi connectivity index (χ2v) is 9.00. The van der Waals surface area contributed by atoms with Gasteiger partial charge in [0.15, 0.2) is 0 Å². The summed E-state index contributed by atoms with van der Waals surface area (Å²) in [5, 5.41) is 15.2. The number of hydrogen-bond acceptors (Lipinski definition) is 3.